The van der Waals surface area contributed by atoms with Crippen molar-refractivity contribution in [2.24, 2.45) is 23.5 Å². The molecule has 1 fully saturated rings. The lowest BCUT2D eigenvalue weighted by atomic mass is 9.59. The van der Waals surface area contributed by atoms with Gasteiger partial charge in [-0.15, -0.1) is 0 Å². The van der Waals surface area contributed by atoms with Crippen molar-refractivity contribution in [3.05, 3.63) is 12.2 Å². The molecule has 0 bridgehead atoms. The summed E-state index contributed by atoms with van der Waals surface area (Å²) in [4.78, 5) is 0. The highest BCUT2D eigenvalue weighted by Crippen LogP contribution is 2.48. The summed E-state index contributed by atoms with van der Waals surface area (Å²) in [5.74, 6) is 2.46. The second-order valence-corrected chi connectivity index (χ2v) is 4.71. The molecule has 0 radical (unpaired) electrons. The van der Waals surface area contributed by atoms with E-state index < -0.39 is 0 Å². The number of rotatable bonds is 10. The van der Waals surface area contributed by atoms with E-state index in [1.807, 2.05) is 0 Å². The van der Waals surface area contributed by atoms with E-state index in [9.17, 15) is 0 Å². The summed E-state index contributed by atoms with van der Waals surface area (Å²) in [6.45, 7) is 4.66. The van der Waals surface area contributed by atoms with Crippen LogP contribution in [0.2, 0.25) is 0 Å². The van der Waals surface area contributed by atoms with Crippen LogP contribution in [-0.4, -0.2) is 46.2 Å². The highest BCUT2D eigenvalue weighted by molar-refractivity contribution is 5.17. The molecule has 2 rings (SSSR count). The summed E-state index contributed by atoms with van der Waals surface area (Å²) < 4.78 is 16.2. The van der Waals surface area contributed by atoms with Crippen molar-refractivity contribution in [1.82, 2.24) is 0 Å². The molecule has 17 heavy (non-hydrogen) atoms. The maximum absolute atomic E-state index is 5.60. The molecule has 3 atom stereocenters. The van der Waals surface area contributed by atoms with Crippen LogP contribution in [-0.2, 0) is 14.2 Å². The summed E-state index contributed by atoms with van der Waals surface area (Å²) in [6.07, 6.45) is 5.94. The van der Waals surface area contributed by atoms with Gasteiger partial charge < -0.3 is 19.9 Å². The second kappa shape index (κ2) is 7.11. The number of hydrogen-bond acceptors (Lipinski definition) is 4. The number of nitrogens with two attached hydrogens (primary N) is 1. The molecule has 0 aromatic carbocycles. The first-order chi connectivity index (χ1) is 8.42. The predicted molar refractivity (Wildman–Crippen MR) is 65.7 cm³/mol. The Labute approximate surface area is 103 Å². The van der Waals surface area contributed by atoms with Crippen LogP contribution >= 0.6 is 0 Å². The molecule has 98 valence electrons. The smallest absolute Gasteiger partial charge is 0.0701 e. The lowest BCUT2D eigenvalue weighted by Crippen LogP contribution is -2.42. The van der Waals surface area contributed by atoms with Crippen LogP contribution in [0.3, 0.4) is 0 Å². The van der Waals surface area contributed by atoms with Crippen molar-refractivity contribution in [3.63, 3.8) is 0 Å². The van der Waals surface area contributed by atoms with Crippen molar-refractivity contribution >= 4 is 0 Å². The third-order valence-corrected chi connectivity index (χ3v) is 3.53. The Morgan fingerprint density at radius 2 is 1.65 bits per heavy atom. The molecule has 0 aromatic heterocycles. The molecule has 1 saturated carbocycles. The van der Waals surface area contributed by atoms with Crippen LogP contribution in [0.4, 0.5) is 0 Å². The van der Waals surface area contributed by atoms with Crippen LogP contribution in [0.25, 0.3) is 0 Å². The lowest BCUT2D eigenvalue weighted by molar-refractivity contribution is -0.0201. The van der Waals surface area contributed by atoms with Gasteiger partial charge in [0.2, 0.25) is 0 Å². The van der Waals surface area contributed by atoms with Gasteiger partial charge in [0.05, 0.1) is 39.6 Å². The average molecular weight is 241 g/mol. The average Bonchev–Trinajstić information content (AvgIpc) is 2.32. The van der Waals surface area contributed by atoms with Gasteiger partial charge in [-0.05, 0) is 24.2 Å². The van der Waals surface area contributed by atoms with E-state index in [1.165, 1.54) is 6.42 Å². The van der Waals surface area contributed by atoms with E-state index in [2.05, 4.69) is 12.2 Å². The lowest BCUT2D eigenvalue weighted by Gasteiger charge is -2.47. The van der Waals surface area contributed by atoms with Gasteiger partial charge in [-0.3, -0.25) is 0 Å². The quantitative estimate of drug-likeness (QED) is 0.454. The van der Waals surface area contributed by atoms with E-state index in [1.54, 1.807) is 0 Å². The molecular formula is C13H23NO3. The third-order valence-electron chi connectivity index (χ3n) is 3.53. The van der Waals surface area contributed by atoms with E-state index in [0.29, 0.717) is 39.6 Å². The van der Waals surface area contributed by atoms with E-state index >= 15 is 0 Å². The van der Waals surface area contributed by atoms with Crippen LogP contribution in [0.15, 0.2) is 12.2 Å². The molecule has 2 unspecified atom stereocenters. The predicted octanol–water partition coefficient (Wildman–Crippen LogP) is 0.817. The number of fused-ring (bicyclic) bond motifs is 1. The zero-order valence-electron chi connectivity index (χ0n) is 10.3. The summed E-state index contributed by atoms with van der Waals surface area (Å²) in [5, 5.41) is 0. The first-order valence-electron chi connectivity index (χ1n) is 6.53. The van der Waals surface area contributed by atoms with Gasteiger partial charge in [0, 0.05) is 6.54 Å². The summed E-state index contributed by atoms with van der Waals surface area (Å²) in [7, 11) is 0. The van der Waals surface area contributed by atoms with E-state index in [-0.39, 0.29) is 0 Å². The van der Waals surface area contributed by atoms with Gasteiger partial charge in [-0.2, -0.15) is 0 Å². The van der Waals surface area contributed by atoms with E-state index in [0.717, 1.165) is 24.4 Å². The molecule has 0 heterocycles. The SMILES string of the molecule is NCCOCCOCCOCC1CC2C=C[C@H]21. The van der Waals surface area contributed by atoms with Crippen molar-refractivity contribution in [2.75, 3.05) is 46.2 Å². The van der Waals surface area contributed by atoms with Crippen molar-refractivity contribution in [3.8, 4) is 0 Å². The van der Waals surface area contributed by atoms with Gasteiger partial charge in [0.15, 0.2) is 0 Å². The number of hydrogen-bond donors (Lipinski definition) is 1. The Bertz CT molecular complexity index is 245. The van der Waals surface area contributed by atoms with Gasteiger partial charge in [-0.1, -0.05) is 12.2 Å². The zero-order chi connectivity index (χ0) is 11.9. The van der Waals surface area contributed by atoms with Crippen molar-refractivity contribution in [1.29, 1.82) is 0 Å². The first-order valence-corrected chi connectivity index (χ1v) is 6.53. The molecule has 0 saturated heterocycles. The van der Waals surface area contributed by atoms with Gasteiger partial charge >= 0.3 is 0 Å². The fourth-order valence-electron chi connectivity index (χ4n) is 2.39. The molecule has 2 aliphatic carbocycles. The maximum Gasteiger partial charge on any atom is 0.0701 e. The summed E-state index contributed by atoms with van der Waals surface area (Å²) in [5.41, 5.74) is 5.29. The van der Waals surface area contributed by atoms with E-state index in [4.69, 9.17) is 19.9 Å². The largest absolute Gasteiger partial charge is 0.379 e. The third kappa shape index (κ3) is 3.78. The van der Waals surface area contributed by atoms with Crippen LogP contribution in [0, 0.1) is 17.8 Å². The highest BCUT2D eigenvalue weighted by atomic mass is 16.5. The van der Waals surface area contributed by atoms with Crippen molar-refractivity contribution in [2.45, 2.75) is 6.42 Å². The molecule has 0 spiro atoms. The van der Waals surface area contributed by atoms with Gasteiger partial charge in [0.25, 0.3) is 0 Å². The minimum absolute atomic E-state index is 0.571. The molecule has 0 amide bonds. The molecule has 2 aliphatic rings. The van der Waals surface area contributed by atoms with Gasteiger partial charge in [0.1, 0.15) is 0 Å². The summed E-state index contributed by atoms with van der Waals surface area (Å²) >= 11 is 0. The zero-order valence-corrected chi connectivity index (χ0v) is 10.3. The number of allylic oxidation sites excluding steroid dienone is 2. The van der Waals surface area contributed by atoms with Crippen molar-refractivity contribution < 1.29 is 14.2 Å². The Kier molecular flexibility index (Phi) is 5.45. The van der Waals surface area contributed by atoms with Crippen LogP contribution in [0.1, 0.15) is 6.42 Å². The normalized spacial score (nSPS) is 29.6. The Morgan fingerprint density at radius 3 is 2.18 bits per heavy atom. The first kappa shape index (κ1) is 13.0. The molecular weight excluding hydrogens is 218 g/mol. The molecule has 0 aromatic rings. The topological polar surface area (TPSA) is 53.7 Å². The fraction of sp³-hybridized carbons (Fsp3) is 0.846. The summed E-state index contributed by atoms with van der Waals surface area (Å²) in [6, 6.07) is 0. The van der Waals surface area contributed by atoms with Gasteiger partial charge in [-0.25, -0.2) is 0 Å². The molecule has 4 heteroatoms. The van der Waals surface area contributed by atoms with Crippen LogP contribution in [0.5, 0.6) is 0 Å². The second-order valence-electron chi connectivity index (χ2n) is 4.71. The fourth-order valence-corrected chi connectivity index (χ4v) is 2.39. The Hall–Kier alpha value is -0.420. The minimum atomic E-state index is 0.571. The highest BCUT2D eigenvalue weighted by Gasteiger charge is 2.42. The Balaban J connectivity index is 1.31. The molecule has 2 N–H and O–H groups in total. The molecule has 4 nitrogen and oxygen atoms in total. The Morgan fingerprint density at radius 1 is 0.941 bits per heavy atom. The monoisotopic (exact) mass is 241 g/mol. The minimum Gasteiger partial charge on any atom is -0.379 e. The number of ether oxygens (including phenoxy) is 3. The van der Waals surface area contributed by atoms with Crippen LogP contribution < -0.4 is 5.73 Å². The maximum atomic E-state index is 5.60. The standard InChI is InChI=1S/C13H23NO3/c14-3-4-15-5-6-16-7-8-17-10-12-9-11-1-2-13(11)12/h1-2,11-13H,3-10,14H2/t11?,12?,13-/m1/s1. The molecule has 0 aliphatic heterocycles.